The van der Waals surface area contributed by atoms with Crippen molar-refractivity contribution in [1.82, 2.24) is 16.2 Å². The molecule has 0 bridgehead atoms. The van der Waals surface area contributed by atoms with Crippen LogP contribution in [0.5, 0.6) is 0 Å². The minimum Gasteiger partial charge on any atom is -0.335 e. The van der Waals surface area contributed by atoms with Crippen LogP contribution in [0.3, 0.4) is 0 Å². The highest BCUT2D eigenvalue weighted by atomic mass is 19.1. The van der Waals surface area contributed by atoms with Crippen molar-refractivity contribution in [2.24, 2.45) is 0 Å². The Morgan fingerprint density at radius 2 is 2.27 bits per heavy atom. The van der Waals surface area contributed by atoms with E-state index in [-0.39, 0.29) is 11.7 Å². The highest BCUT2D eigenvalue weighted by Gasteiger charge is 2.18. The van der Waals surface area contributed by atoms with Crippen LogP contribution in [-0.2, 0) is 0 Å². The molecule has 1 unspecified atom stereocenters. The second-order valence-corrected chi connectivity index (χ2v) is 3.37. The molecule has 80 valence electrons. The van der Waals surface area contributed by atoms with Crippen molar-refractivity contribution in [3.63, 3.8) is 0 Å². The molecule has 1 amide bonds. The highest BCUT2D eigenvalue weighted by Crippen LogP contribution is 2.06. The van der Waals surface area contributed by atoms with Gasteiger partial charge in [0.15, 0.2) is 0 Å². The summed E-state index contributed by atoms with van der Waals surface area (Å²) >= 11 is 0. The number of carbonyl (C=O) groups excluding carboxylic acids is 1. The molecule has 1 aliphatic rings. The van der Waals surface area contributed by atoms with Crippen molar-refractivity contribution in [3.8, 4) is 0 Å². The van der Waals surface area contributed by atoms with E-state index in [1.165, 1.54) is 12.1 Å². The van der Waals surface area contributed by atoms with E-state index in [0.29, 0.717) is 0 Å². The highest BCUT2D eigenvalue weighted by molar-refractivity contribution is 5.94. The fraction of sp³-hybridized carbons (Fsp3) is 0.300. The van der Waals surface area contributed by atoms with Gasteiger partial charge in [-0.2, -0.15) is 0 Å². The fourth-order valence-electron chi connectivity index (χ4n) is 1.47. The molecule has 2 rings (SSSR count). The Hall–Kier alpha value is -1.46. The molecule has 0 aromatic heterocycles. The third-order valence-corrected chi connectivity index (χ3v) is 2.26. The van der Waals surface area contributed by atoms with Gasteiger partial charge >= 0.3 is 0 Å². The molecule has 3 N–H and O–H groups in total. The zero-order valence-corrected chi connectivity index (χ0v) is 8.09. The Kier molecular flexibility index (Phi) is 2.94. The maximum Gasteiger partial charge on any atom is 0.255 e. The van der Waals surface area contributed by atoms with Gasteiger partial charge in [0, 0.05) is 6.54 Å². The van der Waals surface area contributed by atoms with Crippen molar-refractivity contribution in [3.05, 3.63) is 35.6 Å². The number of amides is 1. The monoisotopic (exact) mass is 209 g/mol. The number of hydrazine groups is 1. The molecule has 1 heterocycles. The van der Waals surface area contributed by atoms with Crippen LogP contribution in [0.4, 0.5) is 4.39 Å². The van der Waals surface area contributed by atoms with Crippen molar-refractivity contribution in [2.45, 2.75) is 12.6 Å². The number of rotatable bonds is 2. The number of carbonyl (C=O) groups is 1. The summed E-state index contributed by atoms with van der Waals surface area (Å²) in [4.78, 5) is 11.6. The smallest absolute Gasteiger partial charge is 0.255 e. The fourth-order valence-corrected chi connectivity index (χ4v) is 1.47. The predicted octanol–water partition coefficient (Wildman–Crippen LogP) is 0.380. The average Bonchev–Trinajstić information content (AvgIpc) is 2.71. The zero-order valence-electron chi connectivity index (χ0n) is 8.09. The maximum atomic E-state index is 13.2. The number of benzene rings is 1. The van der Waals surface area contributed by atoms with Gasteiger partial charge in [0.2, 0.25) is 0 Å². The topological polar surface area (TPSA) is 53.2 Å². The Morgan fingerprint density at radius 1 is 1.47 bits per heavy atom. The molecule has 1 aromatic rings. The first-order valence-electron chi connectivity index (χ1n) is 4.81. The van der Waals surface area contributed by atoms with Crippen molar-refractivity contribution < 1.29 is 9.18 Å². The van der Waals surface area contributed by atoms with Crippen LogP contribution in [0.1, 0.15) is 16.8 Å². The minimum atomic E-state index is -0.499. The Labute approximate surface area is 86.8 Å². The van der Waals surface area contributed by atoms with Crippen LogP contribution >= 0.6 is 0 Å². The van der Waals surface area contributed by atoms with Gasteiger partial charge in [0.05, 0.1) is 11.7 Å². The molecule has 1 fully saturated rings. The Bertz CT molecular complexity index is 363. The molecule has 4 nitrogen and oxygen atoms in total. The summed E-state index contributed by atoms with van der Waals surface area (Å²) in [5.74, 6) is -0.893. The summed E-state index contributed by atoms with van der Waals surface area (Å²) in [6.07, 6.45) is 0.664. The van der Waals surface area contributed by atoms with Gasteiger partial charge in [0.1, 0.15) is 5.82 Å². The van der Waals surface area contributed by atoms with E-state index < -0.39 is 11.7 Å². The molecule has 0 aliphatic carbocycles. The van der Waals surface area contributed by atoms with Crippen LogP contribution in [0.2, 0.25) is 0 Å². The molecule has 0 saturated carbocycles. The van der Waals surface area contributed by atoms with Crippen molar-refractivity contribution in [2.75, 3.05) is 6.54 Å². The molecular formula is C10H12FN3O. The van der Waals surface area contributed by atoms with E-state index in [4.69, 9.17) is 0 Å². The van der Waals surface area contributed by atoms with E-state index in [0.717, 1.165) is 13.0 Å². The van der Waals surface area contributed by atoms with Gasteiger partial charge in [0.25, 0.3) is 5.91 Å². The van der Waals surface area contributed by atoms with E-state index in [1.54, 1.807) is 12.1 Å². The summed E-state index contributed by atoms with van der Waals surface area (Å²) in [6.45, 7) is 0.794. The summed E-state index contributed by atoms with van der Waals surface area (Å²) in [5, 5.41) is 2.68. The SMILES string of the molecule is O=C(NC1CCNN1)c1ccccc1F. The molecule has 5 heteroatoms. The molecule has 1 atom stereocenters. The van der Waals surface area contributed by atoms with Gasteiger partial charge in [-0.3, -0.25) is 10.2 Å². The minimum absolute atomic E-state index is 0.0752. The summed E-state index contributed by atoms with van der Waals surface area (Å²) < 4.78 is 13.2. The quantitative estimate of drug-likeness (QED) is 0.660. The summed E-state index contributed by atoms with van der Waals surface area (Å²) in [7, 11) is 0. The van der Waals surface area contributed by atoms with E-state index >= 15 is 0 Å². The lowest BCUT2D eigenvalue weighted by atomic mass is 10.2. The number of hydrogen-bond acceptors (Lipinski definition) is 3. The first kappa shape index (κ1) is 10.1. The van der Waals surface area contributed by atoms with Gasteiger partial charge in [-0.1, -0.05) is 12.1 Å². The van der Waals surface area contributed by atoms with Crippen molar-refractivity contribution >= 4 is 5.91 Å². The molecule has 1 aromatic carbocycles. The molecule has 0 spiro atoms. The predicted molar refractivity (Wildman–Crippen MR) is 53.4 cm³/mol. The van der Waals surface area contributed by atoms with E-state index in [2.05, 4.69) is 16.2 Å². The molecule has 1 saturated heterocycles. The lowest BCUT2D eigenvalue weighted by Crippen LogP contribution is -2.44. The Balaban J connectivity index is 2.04. The van der Waals surface area contributed by atoms with E-state index in [1.807, 2.05) is 0 Å². The normalized spacial score (nSPS) is 20.2. The first-order valence-corrected chi connectivity index (χ1v) is 4.81. The van der Waals surface area contributed by atoms with Crippen LogP contribution in [0.25, 0.3) is 0 Å². The molecular weight excluding hydrogens is 197 g/mol. The maximum absolute atomic E-state index is 13.2. The third kappa shape index (κ3) is 2.31. The number of hydrogen-bond donors (Lipinski definition) is 3. The number of halogens is 1. The summed E-state index contributed by atoms with van der Waals surface area (Å²) in [6, 6.07) is 5.93. The first-order chi connectivity index (χ1) is 7.27. The van der Waals surface area contributed by atoms with Crippen molar-refractivity contribution in [1.29, 1.82) is 0 Å². The second kappa shape index (κ2) is 4.37. The van der Waals surface area contributed by atoms with Gasteiger partial charge in [-0.25, -0.2) is 9.82 Å². The van der Waals surface area contributed by atoms with Crippen LogP contribution in [0, 0.1) is 5.82 Å². The average molecular weight is 209 g/mol. The van der Waals surface area contributed by atoms with Gasteiger partial charge in [-0.05, 0) is 18.6 Å². The third-order valence-electron chi connectivity index (χ3n) is 2.26. The standard InChI is InChI=1S/C10H12FN3O/c11-8-4-2-1-3-7(8)10(15)13-9-5-6-12-14-9/h1-4,9,12,14H,5-6H2,(H,13,15). The molecule has 0 radical (unpaired) electrons. The van der Waals surface area contributed by atoms with Gasteiger partial charge in [-0.15, -0.1) is 0 Å². The summed E-state index contributed by atoms with van der Waals surface area (Å²) in [5.41, 5.74) is 5.83. The number of nitrogens with one attached hydrogen (secondary N) is 3. The van der Waals surface area contributed by atoms with Crippen LogP contribution < -0.4 is 16.2 Å². The largest absolute Gasteiger partial charge is 0.335 e. The lowest BCUT2D eigenvalue weighted by molar-refractivity contribution is 0.0928. The van der Waals surface area contributed by atoms with Gasteiger partial charge < -0.3 is 5.32 Å². The lowest BCUT2D eigenvalue weighted by Gasteiger charge is -2.12. The molecule has 1 aliphatic heterocycles. The zero-order chi connectivity index (χ0) is 10.7. The van der Waals surface area contributed by atoms with E-state index in [9.17, 15) is 9.18 Å². The van der Waals surface area contributed by atoms with Crippen LogP contribution in [0.15, 0.2) is 24.3 Å². The Morgan fingerprint density at radius 3 is 2.93 bits per heavy atom. The van der Waals surface area contributed by atoms with Crippen LogP contribution in [-0.4, -0.2) is 18.6 Å². The second-order valence-electron chi connectivity index (χ2n) is 3.37. The molecule has 15 heavy (non-hydrogen) atoms.